The predicted octanol–water partition coefficient (Wildman–Crippen LogP) is 8.53. The molecule has 1 N–H and O–H groups in total. The summed E-state index contributed by atoms with van der Waals surface area (Å²) in [4.78, 5) is 28.5. The van der Waals surface area contributed by atoms with Gasteiger partial charge < -0.3 is 19.7 Å². The number of rotatable bonds is 9. The van der Waals surface area contributed by atoms with Crippen molar-refractivity contribution < 1.29 is 19.1 Å². The molecule has 0 radical (unpaired) electrons. The van der Waals surface area contributed by atoms with Crippen molar-refractivity contribution in [1.29, 1.82) is 0 Å². The van der Waals surface area contributed by atoms with Crippen LogP contribution in [-0.2, 0) is 16.0 Å². The third-order valence-corrected chi connectivity index (χ3v) is 7.75. The minimum Gasteiger partial charge on any atom is -0.448 e. The van der Waals surface area contributed by atoms with Gasteiger partial charge in [-0.15, -0.1) is 0 Å². The highest BCUT2D eigenvalue weighted by Crippen LogP contribution is 2.44. The Morgan fingerprint density at radius 2 is 1.44 bits per heavy atom. The van der Waals surface area contributed by atoms with E-state index in [9.17, 15) is 9.59 Å². The molecule has 4 aromatic rings. The summed E-state index contributed by atoms with van der Waals surface area (Å²) >= 11 is 0. The first-order chi connectivity index (χ1) is 20.6. The summed E-state index contributed by atoms with van der Waals surface area (Å²) in [6.07, 6.45) is -0.215. The fourth-order valence-corrected chi connectivity index (χ4v) is 6.01. The second-order valence-electron chi connectivity index (χ2n) is 12.8. The van der Waals surface area contributed by atoms with Gasteiger partial charge in [0.05, 0.1) is 6.04 Å². The molecular weight excluding hydrogens is 536 g/mol. The average Bonchev–Trinajstić information content (AvgIpc) is 3.28. The molecule has 224 valence electrons. The molecule has 43 heavy (non-hydrogen) atoms. The zero-order valence-corrected chi connectivity index (χ0v) is 25.8. The van der Waals surface area contributed by atoms with Crippen molar-refractivity contribution in [3.63, 3.8) is 0 Å². The van der Waals surface area contributed by atoms with Crippen molar-refractivity contribution in [3.8, 4) is 11.1 Å². The maximum Gasteiger partial charge on any atom is 0.410 e. The summed E-state index contributed by atoms with van der Waals surface area (Å²) < 4.78 is 11.7. The molecule has 6 nitrogen and oxygen atoms in total. The van der Waals surface area contributed by atoms with Gasteiger partial charge in [0.25, 0.3) is 0 Å². The van der Waals surface area contributed by atoms with E-state index in [-0.39, 0.29) is 25.1 Å². The number of hydrogen-bond donors (Lipinski definition) is 1. The van der Waals surface area contributed by atoms with Gasteiger partial charge in [-0.2, -0.15) is 0 Å². The minimum atomic E-state index is -0.623. The van der Waals surface area contributed by atoms with Crippen molar-refractivity contribution >= 4 is 23.0 Å². The molecule has 0 aliphatic heterocycles. The third kappa shape index (κ3) is 7.37. The molecule has 4 aromatic carbocycles. The summed E-state index contributed by atoms with van der Waals surface area (Å²) in [6, 6.07) is 30.6. The number of carbonyl (C=O) groups excluding carboxylic acids is 2. The molecule has 0 spiro atoms. The number of amides is 2. The number of benzene rings is 4. The lowest BCUT2D eigenvalue weighted by Gasteiger charge is -2.30. The SMILES string of the molecule is CC(C)C[C@@H](CN(Cc1cccc2ccccc12)C(=O)OCC1c2ccccc2-c2ccccc21)NC(=O)OC(C)(C)C. The highest BCUT2D eigenvalue weighted by atomic mass is 16.6. The number of fused-ring (bicyclic) bond motifs is 4. The Kier molecular flexibility index (Phi) is 9.05. The Hall–Kier alpha value is -4.32. The van der Waals surface area contributed by atoms with E-state index in [1.165, 1.54) is 22.3 Å². The first kappa shape index (κ1) is 30.1. The quantitative estimate of drug-likeness (QED) is 0.216. The number of carbonyl (C=O) groups is 2. The van der Waals surface area contributed by atoms with Crippen LogP contribution in [0.15, 0.2) is 91.0 Å². The van der Waals surface area contributed by atoms with Gasteiger partial charge in [-0.25, -0.2) is 9.59 Å². The zero-order valence-electron chi connectivity index (χ0n) is 25.8. The van der Waals surface area contributed by atoms with Gasteiger partial charge >= 0.3 is 12.2 Å². The van der Waals surface area contributed by atoms with E-state index in [4.69, 9.17) is 9.47 Å². The molecule has 1 atom stereocenters. The first-order valence-corrected chi connectivity index (χ1v) is 15.1. The molecule has 5 rings (SSSR count). The Morgan fingerprint density at radius 3 is 2.09 bits per heavy atom. The van der Waals surface area contributed by atoms with Gasteiger partial charge in [-0.05, 0) is 71.7 Å². The lowest BCUT2D eigenvalue weighted by Crippen LogP contribution is -2.47. The van der Waals surface area contributed by atoms with E-state index < -0.39 is 17.8 Å². The zero-order chi connectivity index (χ0) is 30.6. The number of nitrogens with one attached hydrogen (secondary N) is 1. The number of ether oxygens (including phenoxy) is 2. The highest BCUT2D eigenvalue weighted by molar-refractivity contribution is 5.86. The van der Waals surface area contributed by atoms with Gasteiger partial charge in [-0.3, -0.25) is 0 Å². The van der Waals surface area contributed by atoms with E-state index in [1.807, 2.05) is 69.3 Å². The van der Waals surface area contributed by atoms with Crippen molar-refractivity contribution in [3.05, 3.63) is 108 Å². The van der Waals surface area contributed by atoms with Crippen LogP contribution in [0.5, 0.6) is 0 Å². The van der Waals surface area contributed by atoms with Crippen LogP contribution in [0, 0.1) is 5.92 Å². The van der Waals surface area contributed by atoms with Crippen LogP contribution in [0.4, 0.5) is 9.59 Å². The van der Waals surface area contributed by atoms with Crippen LogP contribution in [0.2, 0.25) is 0 Å². The van der Waals surface area contributed by atoms with Gasteiger partial charge in [0.1, 0.15) is 12.2 Å². The largest absolute Gasteiger partial charge is 0.448 e. The molecule has 2 amide bonds. The molecule has 1 aliphatic rings. The minimum absolute atomic E-state index is 0.0397. The van der Waals surface area contributed by atoms with Crippen molar-refractivity contribution in [2.75, 3.05) is 13.2 Å². The molecule has 0 unspecified atom stereocenters. The predicted molar refractivity (Wildman–Crippen MR) is 172 cm³/mol. The monoisotopic (exact) mass is 578 g/mol. The van der Waals surface area contributed by atoms with E-state index in [1.54, 1.807) is 4.90 Å². The summed E-state index contributed by atoms with van der Waals surface area (Å²) in [7, 11) is 0. The van der Waals surface area contributed by atoms with Crippen molar-refractivity contribution in [1.82, 2.24) is 10.2 Å². The maximum atomic E-state index is 14.0. The highest BCUT2D eigenvalue weighted by Gasteiger charge is 2.31. The second-order valence-corrected chi connectivity index (χ2v) is 12.8. The summed E-state index contributed by atoms with van der Waals surface area (Å²) in [6.45, 7) is 10.6. The first-order valence-electron chi connectivity index (χ1n) is 15.1. The standard InChI is InChI=1S/C37H42N2O4/c1-25(2)21-28(38-35(40)43-37(3,4)5)23-39(22-27-15-12-14-26-13-6-7-16-29(26)27)36(41)42-24-34-32-19-10-8-17-30(32)31-18-9-11-20-33(31)34/h6-20,25,28,34H,21-24H2,1-5H3,(H,38,40)/t28-/m0/s1. The van der Waals surface area contributed by atoms with Gasteiger partial charge in [0.15, 0.2) is 0 Å². The van der Waals surface area contributed by atoms with Crippen LogP contribution >= 0.6 is 0 Å². The molecule has 0 heterocycles. The number of alkyl carbamates (subject to hydrolysis) is 1. The van der Waals surface area contributed by atoms with E-state index >= 15 is 0 Å². The van der Waals surface area contributed by atoms with Gasteiger partial charge in [0.2, 0.25) is 0 Å². The van der Waals surface area contributed by atoms with Gasteiger partial charge in [-0.1, -0.05) is 105 Å². The maximum absolute atomic E-state index is 14.0. The van der Waals surface area contributed by atoms with E-state index in [0.29, 0.717) is 18.9 Å². The molecule has 0 bridgehead atoms. The Balaban J connectivity index is 1.40. The fraction of sp³-hybridized carbons (Fsp3) is 0.351. The molecule has 0 fully saturated rings. The Bertz CT molecular complexity index is 1540. The average molecular weight is 579 g/mol. The Morgan fingerprint density at radius 1 is 0.837 bits per heavy atom. The van der Waals surface area contributed by atoms with Gasteiger partial charge in [0, 0.05) is 19.0 Å². The van der Waals surface area contributed by atoms with E-state index in [0.717, 1.165) is 16.3 Å². The van der Waals surface area contributed by atoms with Crippen LogP contribution in [-0.4, -0.2) is 41.9 Å². The summed E-state index contributed by atoms with van der Waals surface area (Å²) in [5, 5.41) is 5.22. The molecule has 0 saturated carbocycles. The summed E-state index contributed by atoms with van der Waals surface area (Å²) in [5.41, 5.74) is 5.10. The molecule has 6 heteroatoms. The smallest absolute Gasteiger partial charge is 0.410 e. The fourth-order valence-electron chi connectivity index (χ4n) is 6.01. The number of nitrogens with zero attached hydrogens (tertiary/aromatic N) is 1. The number of hydrogen-bond acceptors (Lipinski definition) is 4. The van der Waals surface area contributed by atoms with Crippen LogP contribution in [0.3, 0.4) is 0 Å². The van der Waals surface area contributed by atoms with Crippen LogP contribution in [0.25, 0.3) is 21.9 Å². The molecule has 0 aromatic heterocycles. The topological polar surface area (TPSA) is 67.9 Å². The van der Waals surface area contributed by atoms with Crippen LogP contribution < -0.4 is 5.32 Å². The summed E-state index contributed by atoms with van der Waals surface area (Å²) in [5.74, 6) is 0.254. The van der Waals surface area contributed by atoms with Crippen LogP contribution in [0.1, 0.15) is 63.6 Å². The lowest BCUT2D eigenvalue weighted by atomic mass is 9.98. The molecular formula is C37H42N2O4. The molecule has 1 aliphatic carbocycles. The van der Waals surface area contributed by atoms with Crippen molar-refractivity contribution in [2.45, 2.75) is 65.1 Å². The van der Waals surface area contributed by atoms with E-state index in [2.05, 4.69) is 61.6 Å². The third-order valence-electron chi connectivity index (χ3n) is 7.75. The van der Waals surface area contributed by atoms with Crippen molar-refractivity contribution in [2.24, 2.45) is 5.92 Å². The molecule has 0 saturated heterocycles. The Labute approximate surface area is 255 Å². The normalized spacial score (nSPS) is 13.3. The lowest BCUT2D eigenvalue weighted by molar-refractivity contribution is 0.0470. The second kappa shape index (κ2) is 12.9.